The fraction of sp³-hybridized carbons (Fsp3) is 0.636. The van der Waals surface area contributed by atoms with Gasteiger partial charge < -0.3 is 4.90 Å². The zero-order valence-corrected chi connectivity index (χ0v) is 11.8. The van der Waals surface area contributed by atoms with Gasteiger partial charge in [-0.15, -0.1) is 0 Å². The van der Waals surface area contributed by atoms with Gasteiger partial charge in [0.15, 0.2) is 0 Å². The highest BCUT2D eigenvalue weighted by atomic mass is 79.9. The molecule has 0 spiro atoms. The average molecular weight is 305 g/mol. The summed E-state index contributed by atoms with van der Waals surface area (Å²) in [5, 5.41) is 0.311. The van der Waals surface area contributed by atoms with Crippen LogP contribution in [0.15, 0.2) is 10.7 Å². The van der Waals surface area contributed by atoms with Gasteiger partial charge in [-0.1, -0.05) is 13.8 Å². The maximum absolute atomic E-state index is 5.82. The number of aromatic nitrogens is 2. The van der Waals surface area contributed by atoms with Crippen LogP contribution in [-0.2, 0) is 0 Å². The topological polar surface area (TPSA) is 29.0 Å². The summed E-state index contributed by atoms with van der Waals surface area (Å²) in [7, 11) is 0. The number of hydrogen-bond donors (Lipinski definition) is 0. The third-order valence-electron chi connectivity index (χ3n) is 3.16. The van der Waals surface area contributed by atoms with E-state index in [0.29, 0.717) is 5.28 Å². The number of rotatable bonds is 2. The van der Waals surface area contributed by atoms with Gasteiger partial charge in [0.25, 0.3) is 0 Å². The van der Waals surface area contributed by atoms with Crippen molar-refractivity contribution < 1.29 is 0 Å². The molecule has 1 atom stereocenters. The van der Waals surface area contributed by atoms with Gasteiger partial charge in [-0.3, -0.25) is 0 Å². The van der Waals surface area contributed by atoms with Crippen molar-refractivity contribution in [1.29, 1.82) is 0 Å². The molecule has 0 aliphatic carbocycles. The Hall–Kier alpha value is -0.350. The van der Waals surface area contributed by atoms with Crippen molar-refractivity contribution in [1.82, 2.24) is 9.97 Å². The maximum Gasteiger partial charge on any atom is 0.224 e. The van der Waals surface area contributed by atoms with Crippen LogP contribution in [-0.4, -0.2) is 23.1 Å². The van der Waals surface area contributed by atoms with Crippen molar-refractivity contribution >= 4 is 33.3 Å². The standard InChI is InChI=1S/C11H15BrClN3/c1-7(2)8-3-4-16(6-8)10-9(12)5-14-11(13)15-10/h5,7-8H,3-4,6H2,1-2H3. The van der Waals surface area contributed by atoms with Gasteiger partial charge in [0.1, 0.15) is 5.82 Å². The van der Waals surface area contributed by atoms with Crippen LogP contribution >= 0.6 is 27.5 Å². The Kier molecular flexibility index (Phi) is 3.70. The van der Waals surface area contributed by atoms with Crippen LogP contribution in [0, 0.1) is 11.8 Å². The van der Waals surface area contributed by atoms with E-state index in [1.807, 2.05) is 0 Å². The van der Waals surface area contributed by atoms with E-state index in [-0.39, 0.29) is 0 Å². The molecule has 0 N–H and O–H groups in total. The minimum absolute atomic E-state index is 0.311. The molecule has 0 saturated carbocycles. The second kappa shape index (κ2) is 4.88. The van der Waals surface area contributed by atoms with E-state index < -0.39 is 0 Å². The second-order valence-corrected chi connectivity index (χ2v) is 5.74. The van der Waals surface area contributed by atoms with Crippen LogP contribution < -0.4 is 4.90 Å². The van der Waals surface area contributed by atoms with Gasteiger partial charge in [-0.2, -0.15) is 4.98 Å². The van der Waals surface area contributed by atoms with Gasteiger partial charge in [-0.25, -0.2) is 4.98 Å². The molecule has 2 heterocycles. The summed E-state index contributed by atoms with van der Waals surface area (Å²) in [6.45, 7) is 6.66. The molecule has 0 radical (unpaired) electrons. The summed E-state index contributed by atoms with van der Waals surface area (Å²) in [4.78, 5) is 10.5. The van der Waals surface area contributed by atoms with E-state index in [9.17, 15) is 0 Å². The molecule has 2 rings (SSSR count). The molecule has 1 aromatic heterocycles. The molecule has 1 aromatic rings. The Morgan fingerprint density at radius 1 is 1.56 bits per heavy atom. The number of nitrogens with zero attached hydrogens (tertiary/aromatic N) is 3. The lowest BCUT2D eigenvalue weighted by Crippen LogP contribution is -2.22. The van der Waals surface area contributed by atoms with Crippen molar-refractivity contribution in [2.75, 3.05) is 18.0 Å². The molecule has 1 aliphatic heterocycles. The molecule has 1 fully saturated rings. The molecule has 88 valence electrons. The summed E-state index contributed by atoms with van der Waals surface area (Å²) in [5.74, 6) is 2.39. The van der Waals surface area contributed by atoms with E-state index in [4.69, 9.17) is 11.6 Å². The van der Waals surface area contributed by atoms with Gasteiger partial charge in [-0.05, 0) is 45.8 Å². The first kappa shape index (κ1) is 12.1. The quantitative estimate of drug-likeness (QED) is 0.784. The molecule has 0 amide bonds. The average Bonchev–Trinajstić information content (AvgIpc) is 2.70. The van der Waals surface area contributed by atoms with Crippen LogP contribution in [0.4, 0.5) is 5.82 Å². The summed E-state index contributed by atoms with van der Waals surface area (Å²) in [6.07, 6.45) is 2.94. The van der Waals surface area contributed by atoms with E-state index in [2.05, 4.69) is 44.6 Å². The smallest absolute Gasteiger partial charge is 0.224 e. The molecule has 0 aromatic carbocycles. The summed E-state index contributed by atoms with van der Waals surface area (Å²) < 4.78 is 0.918. The minimum atomic E-state index is 0.311. The first-order valence-electron chi connectivity index (χ1n) is 5.51. The molecular formula is C11H15BrClN3. The van der Waals surface area contributed by atoms with Gasteiger partial charge in [0.05, 0.1) is 4.47 Å². The predicted octanol–water partition coefficient (Wildman–Crippen LogP) is 3.37. The highest BCUT2D eigenvalue weighted by molar-refractivity contribution is 9.10. The molecule has 3 nitrogen and oxygen atoms in total. The van der Waals surface area contributed by atoms with Crippen molar-refractivity contribution in [2.24, 2.45) is 11.8 Å². The van der Waals surface area contributed by atoms with E-state index in [1.165, 1.54) is 6.42 Å². The lowest BCUT2D eigenvalue weighted by Gasteiger charge is -2.19. The maximum atomic E-state index is 5.82. The monoisotopic (exact) mass is 303 g/mol. The van der Waals surface area contributed by atoms with Crippen LogP contribution in [0.1, 0.15) is 20.3 Å². The lowest BCUT2D eigenvalue weighted by molar-refractivity contribution is 0.422. The van der Waals surface area contributed by atoms with Crippen LogP contribution in [0.5, 0.6) is 0 Å². The molecule has 0 bridgehead atoms. The fourth-order valence-electron chi connectivity index (χ4n) is 2.08. The van der Waals surface area contributed by atoms with Crippen molar-refractivity contribution in [3.05, 3.63) is 16.0 Å². The largest absolute Gasteiger partial charge is 0.355 e. The van der Waals surface area contributed by atoms with Crippen molar-refractivity contribution in [3.8, 4) is 0 Å². The SMILES string of the molecule is CC(C)C1CCN(c2nc(Cl)ncc2Br)C1. The fourth-order valence-corrected chi connectivity index (χ4v) is 2.65. The Balaban J connectivity index is 2.17. The predicted molar refractivity (Wildman–Crippen MR) is 69.9 cm³/mol. The number of hydrogen-bond acceptors (Lipinski definition) is 3. The molecule has 16 heavy (non-hydrogen) atoms. The number of halogens is 2. The van der Waals surface area contributed by atoms with E-state index in [1.54, 1.807) is 6.20 Å². The van der Waals surface area contributed by atoms with Crippen molar-refractivity contribution in [3.63, 3.8) is 0 Å². The highest BCUT2D eigenvalue weighted by Crippen LogP contribution is 2.31. The first-order chi connectivity index (χ1) is 7.58. The second-order valence-electron chi connectivity index (χ2n) is 4.55. The summed E-state index contributed by atoms with van der Waals surface area (Å²) >= 11 is 9.30. The lowest BCUT2D eigenvalue weighted by atomic mass is 9.95. The summed E-state index contributed by atoms with van der Waals surface area (Å²) in [5.41, 5.74) is 0. The molecule has 1 aliphatic rings. The third kappa shape index (κ3) is 2.48. The van der Waals surface area contributed by atoms with Crippen LogP contribution in [0.25, 0.3) is 0 Å². The molecular weight excluding hydrogens is 289 g/mol. The third-order valence-corrected chi connectivity index (χ3v) is 3.90. The normalized spacial score (nSPS) is 20.8. The van der Waals surface area contributed by atoms with Gasteiger partial charge >= 0.3 is 0 Å². The zero-order chi connectivity index (χ0) is 11.7. The first-order valence-corrected chi connectivity index (χ1v) is 6.68. The Morgan fingerprint density at radius 2 is 2.31 bits per heavy atom. The molecule has 5 heteroatoms. The Bertz CT molecular complexity index is 383. The highest BCUT2D eigenvalue weighted by Gasteiger charge is 2.27. The van der Waals surface area contributed by atoms with Gasteiger partial charge in [0, 0.05) is 19.3 Å². The van der Waals surface area contributed by atoms with Crippen LogP contribution in [0.3, 0.4) is 0 Å². The van der Waals surface area contributed by atoms with Gasteiger partial charge in [0.2, 0.25) is 5.28 Å². The molecule has 1 unspecified atom stereocenters. The van der Waals surface area contributed by atoms with E-state index in [0.717, 1.165) is 35.2 Å². The molecule has 1 saturated heterocycles. The van der Waals surface area contributed by atoms with Crippen LogP contribution in [0.2, 0.25) is 5.28 Å². The Morgan fingerprint density at radius 3 is 2.94 bits per heavy atom. The minimum Gasteiger partial charge on any atom is -0.355 e. The number of anilines is 1. The van der Waals surface area contributed by atoms with E-state index >= 15 is 0 Å². The summed E-state index contributed by atoms with van der Waals surface area (Å²) in [6, 6.07) is 0. The Labute approximate surface area is 109 Å². The zero-order valence-electron chi connectivity index (χ0n) is 9.45. The van der Waals surface area contributed by atoms with Crippen molar-refractivity contribution in [2.45, 2.75) is 20.3 Å².